The van der Waals surface area contributed by atoms with Gasteiger partial charge in [0.25, 0.3) is 11.8 Å². The molecule has 0 aliphatic rings. The number of nitrogens with one attached hydrogen (secondary N) is 1. The Labute approximate surface area is 196 Å². The SMILES string of the molecule is Cc1c(NC(=O)c2cc(C(N)=O)nc3ccccc23)c(C(F)(F)F)nn1Cc1cccc(C#N)n1. The van der Waals surface area contributed by atoms with Crippen LogP contribution in [0.5, 0.6) is 0 Å². The predicted octanol–water partition coefficient (Wildman–Crippen LogP) is 3.42. The van der Waals surface area contributed by atoms with Crippen molar-refractivity contribution in [3.63, 3.8) is 0 Å². The highest BCUT2D eigenvalue weighted by molar-refractivity contribution is 6.14. The van der Waals surface area contributed by atoms with Gasteiger partial charge >= 0.3 is 6.18 Å². The number of hydrogen-bond donors (Lipinski definition) is 2. The third kappa shape index (κ3) is 4.65. The molecule has 3 heterocycles. The summed E-state index contributed by atoms with van der Waals surface area (Å²) in [6, 6.07) is 13.9. The molecule has 0 aliphatic heterocycles. The van der Waals surface area contributed by atoms with Gasteiger partial charge in [-0.1, -0.05) is 24.3 Å². The van der Waals surface area contributed by atoms with Gasteiger partial charge in [-0.15, -0.1) is 0 Å². The van der Waals surface area contributed by atoms with Crippen molar-refractivity contribution in [2.45, 2.75) is 19.6 Å². The van der Waals surface area contributed by atoms with Crippen molar-refractivity contribution in [1.82, 2.24) is 19.7 Å². The first-order valence-electron chi connectivity index (χ1n) is 10.1. The molecular weight excluding hydrogens is 463 g/mol. The Kier molecular flexibility index (Phi) is 5.92. The Bertz CT molecular complexity index is 1520. The number of rotatable bonds is 5. The van der Waals surface area contributed by atoms with Crippen molar-refractivity contribution in [3.05, 3.63) is 82.6 Å². The van der Waals surface area contributed by atoms with Gasteiger partial charge in [-0.2, -0.15) is 23.5 Å². The molecule has 0 aliphatic carbocycles. The number of primary amides is 1. The highest BCUT2D eigenvalue weighted by atomic mass is 19.4. The molecule has 0 saturated heterocycles. The van der Waals surface area contributed by atoms with Crippen LogP contribution in [0.2, 0.25) is 0 Å². The van der Waals surface area contributed by atoms with E-state index in [0.717, 1.165) is 10.7 Å². The molecule has 0 unspecified atom stereocenters. The molecule has 0 atom stereocenters. The zero-order valence-electron chi connectivity index (χ0n) is 18.1. The van der Waals surface area contributed by atoms with Crippen LogP contribution >= 0.6 is 0 Å². The number of pyridine rings is 2. The number of fused-ring (bicyclic) bond motifs is 1. The fourth-order valence-electron chi connectivity index (χ4n) is 3.50. The van der Waals surface area contributed by atoms with E-state index in [1.807, 2.05) is 6.07 Å². The number of carbonyl (C=O) groups is 2. The summed E-state index contributed by atoms with van der Waals surface area (Å²) >= 11 is 0. The molecule has 12 heteroatoms. The van der Waals surface area contributed by atoms with Crippen molar-refractivity contribution < 1.29 is 22.8 Å². The average molecular weight is 479 g/mol. The van der Waals surface area contributed by atoms with Gasteiger partial charge in [-0.25, -0.2) is 9.97 Å². The summed E-state index contributed by atoms with van der Waals surface area (Å²) < 4.78 is 42.5. The summed E-state index contributed by atoms with van der Waals surface area (Å²) in [5.41, 5.74) is 3.90. The molecule has 3 N–H and O–H groups in total. The van der Waals surface area contributed by atoms with E-state index in [4.69, 9.17) is 11.0 Å². The molecule has 2 amide bonds. The molecule has 0 fully saturated rings. The highest BCUT2D eigenvalue weighted by Gasteiger charge is 2.39. The monoisotopic (exact) mass is 479 g/mol. The number of nitrogens with zero attached hydrogens (tertiary/aromatic N) is 5. The summed E-state index contributed by atoms with van der Waals surface area (Å²) in [6.45, 7) is 1.20. The Hall–Kier alpha value is -4.79. The van der Waals surface area contributed by atoms with E-state index >= 15 is 0 Å². The number of para-hydroxylation sites is 1. The second-order valence-corrected chi connectivity index (χ2v) is 7.48. The van der Waals surface area contributed by atoms with E-state index in [0.29, 0.717) is 11.1 Å². The molecule has 1 aromatic carbocycles. The van der Waals surface area contributed by atoms with Crippen LogP contribution in [0.3, 0.4) is 0 Å². The topological polar surface area (TPSA) is 140 Å². The number of benzene rings is 1. The van der Waals surface area contributed by atoms with Crippen molar-refractivity contribution in [2.75, 3.05) is 5.32 Å². The number of nitriles is 1. The lowest BCUT2D eigenvalue weighted by atomic mass is 10.1. The second-order valence-electron chi connectivity index (χ2n) is 7.48. The van der Waals surface area contributed by atoms with Crippen LogP contribution in [0.1, 0.15) is 43.6 Å². The number of carbonyl (C=O) groups excluding carboxylic acids is 2. The zero-order valence-corrected chi connectivity index (χ0v) is 18.1. The third-order valence-electron chi connectivity index (χ3n) is 5.16. The molecule has 176 valence electrons. The number of hydrogen-bond acceptors (Lipinski definition) is 6. The van der Waals surface area contributed by atoms with E-state index in [9.17, 15) is 22.8 Å². The summed E-state index contributed by atoms with van der Waals surface area (Å²) in [7, 11) is 0. The van der Waals surface area contributed by atoms with E-state index in [1.165, 1.54) is 13.0 Å². The summed E-state index contributed by atoms with van der Waals surface area (Å²) in [4.78, 5) is 33.0. The van der Waals surface area contributed by atoms with E-state index < -0.39 is 29.4 Å². The maximum atomic E-state index is 13.8. The Morgan fingerprint density at radius 2 is 1.89 bits per heavy atom. The van der Waals surface area contributed by atoms with Gasteiger partial charge in [0, 0.05) is 5.39 Å². The molecule has 0 radical (unpaired) electrons. The van der Waals surface area contributed by atoms with Gasteiger partial charge in [-0.05, 0) is 31.2 Å². The van der Waals surface area contributed by atoms with Crippen LogP contribution in [0.15, 0.2) is 48.5 Å². The van der Waals surface area contributed by atoms with Crippen LogP contribution in [-0.4, -0.2) is 31.6 Å². The van der Waals surface area contributed by atoms with Crippen LogP contribution in [-0.2, 0) is 12.7 Å². The van der Waals surface area contributed by atoms with Crippen LogP contribution in [0.25, 0.3) is 10.9 Å². The summed E-state index contributed by atoms with van der Waals surface area (Å²) in [5.74, 6) is -1.79. The van der Waals surface area contributed by atoms with Gasteiger partial charge in [0.05, 0.1) is 34.7 Å². The van der Waals surface area contributed by atoms with E-state index in [2.05, 4.69) is 20.4 Å². The Morgan fingerprint density at radius 3 is 2.57 bits per heavy atom. The Morgan fingerprint density at radius 1 is 1.14 bits per heavy atom. The molecule has 35 heavy (non-hydrogen) atoms. The zero-order chi connectivity index (χ0) is 25.3. The number of anilines is 1. The predicted molar refractivity (Wildman–Crippen MR) is 118 cm³/mol. The quantitative estimate of drug-likeness (QED) is 0.450. The van der Waals surface area contributed by atoms with Crippen molar-refractivity contribution >= 4 is 28.4 Å². The second kappa shape index (κ2) is 8.86. The fourth-order valence-corrected chi connectivity index (χ4v) is 3.50. The summed E-state index contributed by atoms with van der Waals surface area (Å²) in [6.07, 6.45) is -4.88. The standard InChI is InChI=1S/C23H16F3N7O2/c1-12-19(20(23(24,25)26)32-33(12)11-14-6-4-5-13(10-27)29-14)31-22(35)16-9-18(21(28)34)30-17-8-3-2-7-15(16)17/h2-9H,11H2,1H3,(H2,28,34)(H,31,35). The van der Waals surface area contributed by atoms with Crippen molar-refractivity contribution in [1.29, 1.82) is 5.26 Å². The normalized spacial score (nSPS) is 11.3. The number of halogens is 3. The molecular formula is C23H16F3N7O2. The van der Waals surface area contributed by atoms with E-state index in [1.54, 1.807) is 36.4 Å². The van der Waals surface area contributed by atoms with Crippen molar-refractivity contribution in [3.8, 4) is 6.07 Å². The maximum Gasteiger partial charge on any atom is 0.437 e. The average Bonchev–Trinajstić information content (AvgIpc) is 3.13. The first kappa shape index (κ1) is 23.4. The highest BCUT2D eigenvalue weighted by Crippen LogP contribution is 2.36. The maximum absolute atomic E-state index is 13.8. The minimum Gasteiger partial charge on any atom is -0.364 e. The van der Waals surface area contributed by atoms with Crippen LogP contribution in [0.4, 0.5) is 18.9 Å². The first-order valence-corrected chi connectivity index (χ1v) is 10.1. The summed E-state index contributed by atoms with van der Waals surface area (Å²) in [5, 5.41) is 15.3. The molecule has 3 aromatic heterocycles. The minimum absolute atomic E-state index is 0.0170. The molecule has 0 bridgehead atoms. The molecule has 4 rings (SSSR count). The first-order chi connectivity index (χ1) is 16.6. The van der Waals surface area contributed by atoms with Gasteiger partial charge in [0.15, 0.2) is 5.69 Å². The fraction of sp³-hybridized carbons (Fsp3) is 0.130. The van der Waals surface area contributed by atoms with Crippen LogP contribution in [0, 0.1) is 18.3 Å². The molecule has 9 nitrogen and oxygen atoms in total. The smallest absolute Gasteiger partial charge is 0.364 e. The van der Waals surface area contributed by atoms with Gasteiger partial charge in [0.2, 0.25) is 0 Å². The lowest BCUT2D eigenvalue weighted by molar-refractivity contribution is -0.140. The lowest BCUT2D eigenvalue weighted by Crippen LogP contribution is -2.19. The largest absolute Gasteiger partial charge is 0.437 e. The van der Waals surface area contributed by atoms with Gasteiger partial charge in [-0.3, -0.25) is 14.3 Å². The number of alkyl halides is 3. The third-order valence-corrected chi connectivity index (χ3v) is 5.16. The van der Waals surface area contributed by atoms with Crippen molar-refractivity contribution in [2.24, 2.45) is 5.73 Å². The molecule has 0 spiro atoms. The molecule has 0 saturated carbocycles. The van der Waals surface area contributed by atoms with Gasteiger partial charge in [0.1, 0.15) is 17.5 Å². The van der Waals surface area contributed by atoms with Crippen LogP contribution < -0.4 is 11.1 Å². The number of aromatic nitrogens is 4. The number of amides is 2. The molecule has 4 aromatic rings. The Balaban J connectivity index is 1.77. The minimum atomic E-state index is -4.88. The van der Waals surface area contributed by atoms with Gasteiger partial charge < -0.3 is 11.1 Å². The lowest BCUT2D eigenvalue weighted by Gasteiger charge is -2.11. The van der Waals surface area contributed by atoms with E-state index in [-0.39, 0.29) is 34.7 Å². The number of nitrogens with two attached hydrogens (primary N) is 1.